The Balaban J connectivity index is 2.43. The number of benzene rings is 1. The van der Waals surface area contributed by atoms with Crippen LogP contribution in [0.4, 0.5) is 5.69 Å². The SMILES string of the molecule is O=C(O)c1c(Cl)cccc1N1CC(CO)CC1=O. The van der Waals surface area contributed by atoms with Crippen LogP contribution in [0.2, 0.25) is 5.02 Å². The van der Waals surface area contributed by atoms with E-state index in [1.165, 1.54) is 11.0 Å². The van der Waals surface area contributed by atoms with E-state index in [0.29, 0.717) is 6.54 Å². The average molecular weight is 270 g/mol. The minimum Gasteiger partial charge on any atom is -0.478 e. The molecular weight excluding hydrogens is 258 g/mol. The number of aromatic carboxylic acids is 1. The Bertz CT molecular complexity index is 503. The van der Waals surface area contributed by atoms with Gasteiger partial charge in [0.2, 0.25) is 5.91 Å². The van der Waals surface area contributed by atoms with Crippen LogP contribution in [0, 0.1) is 5.92 Å². The summed E-state index contributed by atoms with van der Waals surface area (Å²) in [5.74, 6) is -1.52. The van der Waals surface area contributed by atoms with E-state index in [9.17, 15) is 9.59 Å². The second-order valence-corrected chi connectivity index (χ2v) is 4.60. The normalized spacial score (nSPS) is 19.3. The van der Waals surface area contributed by atoms with Gasteiger partial charge in [-0.1, -0.05) is 17.7 Å². The first-order chi connectivity index (χ1) is 8.54. The van der Waals surface area contributed by atoms with Crippen LogP contribution in [-0.2, 0) is 4.79 Å². The first-order valence-corrected chi connectivity index (χ1v) is 5.85. The molecule has 5 nitrogen and oxygen atoms in total. The summed E-state index contributed by atoms with van der Waals surface area (Å²) in [4.78, 5) is 24.4. The van der Waals surface area contributed by atoms with Gasteiger partial charge in [-0.2, -0.15) is 0 Å². The minimum atomic E-state index is -1.17. The maximum absolute atomic E-state index is 11.8. The lowest BCUT2D eigenvalue weighted by Gasteiger charge is -2.19. The molecule has 2 rings (SSSR count). The fourth-order valence-corrected chi connectivity index (χ4v) is 2.34. The van der Waals surface area contributed by atoms with E-state index in [2.05, 4.69) is 0 Å². The molecule has 1 fully saturated rings. The van der Waals surface area contributed by atoms with Crippen molar-refractivity contribution < 1.29 is 19.8 Å². The molecule has 0 saturated carbocycles. The van der Waals surface area contributed by atoms with Crippen molar-refractivity contribution in [2.45, 2.75) is 6.42 Å². The third kappa shape index (κ3) is 2.19. The highest BCUT2D eigenvalue weighted by molar-refractivity contribution is 6.34. The molecule has 1 heterocycles. The average Bonchev–Trinajstić information content (AvgIpc) is 2.69. The van der Waals surface area contributed by atoms with Crippen molar-refractivity contribution >= 4 is 29.2 Å². The van der Waals surface area contributed by atoms with Gasteiger partial charge in [-0.05, 0) is 12.1 Å². The van der Waals surface area contributed by atoms with E-state index >= 15 is 0 Å². The largest absolute Gasteiger partial charge is 0.478 e. The van der Waals surface area contributed by atoms with Crippen LogP contribution >= 0.6 is 11.6 Å². The molecule has 6 heteroatoms. The van der Waals surface area contributed by atoms with Gasteiger partial charge in [0.25, 0.3) is 0 Å². The number of hydrogen-bond acceptors (Lipinski definition) is 3. The third-order valence-corrected chi connectivity index (χ3v) is 3.27. The summed E-state index contributed by atoms with van der Waals surface area (Å²) in [6.07, 6.45) is 0.224. The predicted molar refractivity (Wildman–Crippen MR) is 66.0 cm³/mol. The van der Waals surface area contributed by atoms with Gasteiger partial charge < -0.3 is 15.1 Å². The van der Waals surface area contributed by atoms with Gasteiger partial charge in [0, 0.05) is 25.5 Å². The second kappa shape index (κ2) is 4.96. The smallest absolute Gasteiger partial charge is 0.339 e. The van der Waals surface area contributed by atoms with Gasteiger partial charge in [0.15, 0.2) is 0 Å². The first-order valence-electron chi connectivity index (χ1n) is 5.47. The van der Waals surface area contributed by atoms with Crippen LogP contribution in [0.25, 0.3) is 0 Å². The molecule has 1 aromatic rings. The quantitative estimate of drug-likeness (QED) is 0.869. The standard InChI is InChI=1S/C12H12ClNO4/c13-8-2-1-3-9(11(8)12(17)18)14-5-7(6-15)4-10(14)16/h1-3,7,15H,4-6H2,(H,17,18). The number of carboxylic acid groups (broad SMARTS) is 1. The van der Waals surface area contributed by atoms with Gasteiger partial charge in [0.1, 0.15) is 5.56 Å². The number of carbonyl (C=O) groups excluding carboxylic acids is 1. The Morgan fingerprint density at radius 2 is 2.22 bits per heavy atom. The van der Waals surface area contributed by atoms with Crippen LogP contribution in [-0.4, -0.2) is 35.2 Å². The maximum atomic E-state index is 11.8. The zero-order valence-corrected chi connectivity index (χ0v) is 10.2. The lowest BCUT2D eigenvalue weighted by molar-refractivity contribution is -0.117. The molecule has 2 N–H and O–H groups in total. The number of anilines is 1. The monoisotopic (exact) mass is 269 g/mol. The van der Waals surface area contributed by atoms with Crippen molar-refractivity contribution in [3.63, 3.8) is 0 Å². The highest BCUT2D eigenvalue weighted by atomic mass is 35.5. The van der Waals surface area contributed by atoms with E-state index in [-0.39, 0.29) is 41.1 Å². The number of carboxylic acids is 1. The fraction of sp³-hybridized carbons (Fsp3) is 0.333. The van der Waals surface area contributed by atoms with E-state index in [1.807, 2.05) is 0 Å². The second-order valence-electron chi connectivity index (χ2n) is 4.20. The number of nitrogens with zero attached hydrogens (tertiary/aromatic N) is 1. The van der Waals surface area contributed by atoms with Crippen molar-refractivity contribution in [1.29, 1.82) is 0 Å². The molecule has 1 aromatic carbocycles. The number of aliphatic hydroxyl groups excluding tert-OH is 1. The Labute approximate surface area is 109 Å². The van der Waals surface area contributed by atoms with Gasteiger partial charge in [0.05, 0.1) is 10.7 Å². The van der Waals surface area contributed by atoms with E-state index < -0.39 is 5.97 Å². The Morgan fingerprint density at radius 3 is 2.78 bits per heavy atom. The van der Waals surface area contributed by atoms with E-state index in [4.69, 9.17) is 21.8 Å². The number of amides is 1. The maximum Gasteiger partial charge on any atom is 0.339 e. The Morgan fingerprint density at radius 1 is 1.50 bits per heavy atom. The van der Waals surface area contributed by atoms with Gasteiger partial charge >= 0.3 is 5.97 Å². The lowest BCUT2D eigenvalue weighted by atomic mass is 10.1. The van der Waals surface area contributed by atoms with E-state index in [1.54, 1.807) is 12.1 Å². The first kappa shape index (κ1) is 12.9. The molecule has 1 saturated heterocycles. The summed E-state index contributed by atoms with van der Waals surface area (Å²) in [5, 5.41) is 18.3. The van der Waals surface area contributed by atoms with Crippen LogP contribution in [0.5, 0.6) is 0 Å². The molecule has 18 heavy (non-hydrogen) atoms. The summed E-state index contributed by atoms with van der Waals surface area (Å²) in [6.45, 7) is 0.223. The van der Waals surface area contributed by atoms with Crippen molar-refractivity contribution in [1.82, 2.24) is 0 Å². The summed E-state index contributed by atoms with van der Waals surface area (Å²) in [5.41, 5.74) is 0.210. The van der Waals surface area contributed by atoms with Crippen molar-refractivity contribution in [2.75, 3.05) is 18.1 Å². The fourth-order valence-electron chi connectivity index (χ4n) is 2.09. The van der Waals surface area contributed by atoms with E-state index in [0.717, 1.165) is 0 Å². The van der Waals surface area contributed by atoms with Crippen LogP contribution in [0.15, 0.2) is 18.2 Å². The lowest BCUT2D eigenvalue weighted by Crippen LogP contribution is -2.27. The minimum absolute atomic E-state index is 0.0777. The number of hydrogen-bond donors (Lipinski definition) is 2. The molecule has 1 atom stereocenters. The molecule has 1 amide bonds. The number of aliphatic hydroxyl groups is 1. The molecule has 0 aliphatic carbocycles. The van der Waals surface area contributed by atoms with Crippen molar-refractivity contribution in [3.05, 3.63) is 28.8 Å². The molecular formula is C12H12ClNO4. The molecule has 96 valence electrons. The molecule has 0 bridgehead atoms. The summed E-state index contributed by atoms with van der Waals surface area (Å²) in [6, 6.07) is 4.62. The molecule has 0 spiro atoms. The molecule has 0 aromatic heterocycles. The van der Waals surface area contributed by atoms with Gasteiger partial charge in [-0.3, -0.25) is 4.79 Å². The van der Waals surface area contributed by atoms with Crippen LogP contribution in [0.3, 0.4) is 0 Å². The topological polar surface area (TPSA) is 77.8 Å². The molecule has 1 unspecified atom stereocenters. The van der Waals surface area contributed by atoms with Crippen molar-refractivity contribution in [2.24, 2.45) is 5.92 Å². The Hall–Kier alpha value is -1.59. The Kier molecular flexibility index (Phi) is 3.54. The summed E-state index contributed by atoms with van der Waals surface area (Å²) >= 11 is 5.85. The van der Waals surface area contributed by atoms with Gasteiger partial charge in [-0.15, -0.1) is 0 Å². The highest BCUT2D eigenvalue weighted by Crippen LogP contribution is 2.31. The third-order valence-electron chi connectivity index (χ3n) is 2.96. The number of rotatable bonds is 3. The zero-order valence-electron chi connectivity index (χ0n) is 9.47. The predicted octanol–water partition coefficient (Wildman–Crippen LogP) is 1.38. The van der Waals surface area contributed by atoms with Crippen LogP contribution < -0.4 is 4.90 Å². The van der Waals surface area contributed by atoms with Crippen molar-refractivity contribution in [3.8, 4) is 0 Å². The highest BCUT2D eigenvalue weighted by Gasteiger charge is 2.32. The molecule has 0 radical (unpaired) electrons. The van der Waals surface area contributed by atoms with Gasteiger partial charge in [-0.25, -0.2) is 4.79 Å². The summed E-state index contributed by atoms with van der Waals surface area (Å²) < 4.78 is 0. The van der Waals surface area contributed by atoms with Crippen LogP contribution in [0.1, 0.15) is 16.8 Å². The zero-order chi connectivity index (χ0) is 13.3. The number of halogens is 1. The summed E-state index contributed by atoms with van der Waals surface area (Å²) in [7, 11) is 0. The molecule has 1 aliphatic rings. The number of carbonyl (C=O) groups is 2. The molecule has 1 aliphatic heterocycles.